The molecule has 0 fully saturated rings. The number of aromatic nitrogens is 4. The van der Waals surface area contributed by atoms with Gasteiger partial charge in [0.2, 0.25) is 5.65 Å². The van der Waals surface area contributed by atoms with Crippen LogP contribution in [-0.4, -0.2) is 32.9 Å². The smallest absolute Gasteiger partial charge is 0.300 e. The van der Waals surface area contributed by atoms with Crippen molar-refractivity contribution in [2.75, 3.05) is 13.7 Å². The van der Waals surface area contributed by atoms with E-state index in [1.165, 1.54) is 11.8 Å². The first-order valence-corrected chi connectivity index (χ1v) is 10.1. The van der Waals surface area contributed by atoms with E-state index in [9.17, 15) is 4.79 Å². The highest BCUT2D eigenvalue weighted by Gasteiger charge is 2.12. The van der Waals surface area contributed by atoms with Crippen molar-refractivity contribution in [1.82, 2.24) is 19.2 Å². The summed E-state index contributed by atoms with van der Waals surface area (Å²) in [5, 5.41) is 8.97. The largest absolute Gasteiger partial charge is 0.497 e. The molecule has 0 unspecified atom stereocenters. The van der Waals surface area contributed by atoms with Crippen molar-refractivity contribution < 1.29 is 9.47 Å². The van der Waals surface area contributed by atoms with Gasteiger partial charge in [0.15, 0.2) is 5.16 Å². The van der Waals surface area contributed by atoms with E-state index < -0.39 is 0 Å². The molecule has 29 heavy (non-hydrogen) atoms. The molecule has 0 amide bonds. The number of rotatable bonds is 7. The number of thioether (sulfide) groups is 1. The fourth-order valence-electron chi connectivity index (χ4n) is 2.95. The second kappa shape index (κ2) is 8.40. The number of methoxy groups -OCH3 is 1. The van der Waals surface area contributed by atoms with Gasteiger partial charge in [-0.25, -0.2) is 0 Å². The van der Waals surface area contributed by atoms with Crippen LogP contribution in [0.25, 0.3) is 11.3 Å². The molecule has 0 saturated heterocycles. The minimum atomic E-state index is -0.225. The SMILES string of the molecule is CCOc1ccc(-n2ccn3c(SCc4cccc(OC)c4)nnc3c2=O)cc1. The zero-order valence-corrected chi connectivity index (χ0v) is 16.9. The monoisotopic (exact) mass is 408 g/mol. The number of ether oxygens (including phenoxy) is 2. The molecule has 0 radical (unpaired) electrons. The number of hydrogen-bond acceptors (Lipinski definition) is 6. The number of nitrogens with zero attached hydrogens (tertiary/aromatic N) is 4. The summed E-state index contributed by atoms with van der Waals surface area (Å²) in [6.07, 6.45) is 3.53. The third kappa shape index (κ3) is 3.97. The maximum absolute atomic E-state index is 12.9. The van der Waals surface area contributed by atoms with E-state index in [0.29, 0.717) is 17.5 Å². The standard InChI is InChI=1S/C21H20N4O3S/c1-3-28-17-9-7-16(8-10-17)24-11-12-25-19(20(24)26)22-23-21(25)29-14-15-5-4-6-18(13-15)27-2/h4-13H,3,14H2,1-2H3. The van der Waals surface area contributed by atoms with Crippen molar-refractivity contribution in [3.8, 4) is 17.2 Å². The van der Waals surface area contributed by atoms with Crippen molar-refractivity contribution >= 4 is 17.4 Å². The third-order valence-corrected chi connectivity index (χ3v) is 5.38. The maximum atomic E-state index is 12.9. The average molecular weight is 408 g/mol. The Morgan fingerprint density at radius 1 is 1.03 bits per heavy atom. The summed E-state index contributed by atoms with van der Waals surface area (Å²) in [5.74, 6) is 2.27. The molecule has 7 nitrogen and oxygen atoms in total. The van der Waals surface area contributed by atoms with E-state index in [2.05, 4.69) is 10.2 Å². The highest BCUT2D eigenvalue weighted by Crippen LogP contribution is 2.23. The lowest BCUT2D eigenvalue weighted by Gasteiger charge is -2.08. The molecule has 0 bridgehead atoms. The van der Waals surface area contributed by atoms with E-state index >= 15 is 0 Å². The van der Waals surface area contributed by atoms with Crippen molar-refractivity contribution in [3.63, 3.8) is 0 Å². The molecule has 0 aliphatic carbocycles. The first-order chi connectivity index (χ1) is 14.2. The predicted octanol–water partition coefficient (Wildman–Crippen LogP) is 3.58. The molecule has 0 aliphatic rings. The van der Waals surface area contributed by atoms with Gasteiger partial charge < -0.3 is 9.47 Å². The van der Waals surface area contributed by atoms with Crippen molar-refractivity contribution in [2.45, 2.75) is 17.8 Å². The van der Waals surface area contributed by atoms with Gasteiger partial charge in [-0.1, -0.05) is 23.9 Å². The van der Waals surface area contributed by atoms with Gasteiger partial charge in [-0.15, -0.1) is 10.2 Å². The van der Waals surface area contributed by atoms with Crippen molar-refractivity contribution in [1.29, 1.82) is 0 Å². The van der Waals surface area contributed by atoms with Gasteiger partial charge in [-0.3, -0.25) is 13.8 Å². The number of fused-ring (bicyclic) bond motifs is 1. The quantitative estimate of drug-likeness (QED) is 0.435. The molecule has 4 aromatic rings. The van der Waals surface area contributed by atoms with Crippen LogP contribution in [0.15, 0.2) is 70.9 Å². The van der Waals surface area contributed by atoms with Gasteiger partial charge in [0.25, 0.3) is 0 Å². The summed E-state index contributed by atoms with van der Waals surface area (Å²) in [5.41, 5.74) is 1.91. The van der Waals surface area contributed by atoms with E-state index in [1.807, 2.05) is 55.5 Å². The molecule has 4 rings (SSSR count). The van der Waals surface area contributed by atoms with Crippen LogP contribution in [0.4, 0.5) is 0 Å². The van der Waals surface area contributed by atoms with Crippen LogP contribution >= 0.6 is 11.8 Å². The van der Waals surface area contributed by atoms with Gasteiger partial charge in [0.05, 0.1) is 13.7 Å². The molecule has 0 N–H and O–H groups in total. The highest BCUT2D eigenvalue weighted by molar-refractivity contribution is 7.98. The van der Waals surface area contributed by atoms with Crippen LogP contribution in [0.1, 0.15) is 12.5 Å². The molecule has 148 valence electrons. The zero-order valence-electron chi connectivity index (χ0n) is 16.1. The molecule has 0 saturated carbocycles. The van der Waals surface area contributed by atoms with Crippen molar-refractivity contribution in [2.24, 2.45) is 0 Å². The van der Waals surface area contributed by atoms with E-state index in [1.54, 1.807) is 28.5 Å². The Morgan fingerprint density at radius 3 is 2.62 bits per heavy atom. The van der Waals surface area contributed by atoms with E-state index in [4.69, 9.17) is 9.47 Å². The Morgan fingerprint density at radius 2 is 1.86 bits per heavy atom. The van der Waals surface area contributed by atoms with Crippen LogP contribution in [0.3, 0.4) is 0 Å². The second-order valence-corrected chi connectivity index (χ2v) is 7.16. The van der Waals surface area contributed by atoms with Crippen LogP contribution in [0, 0.1) is 0 Å². The van der Waals surface area contributed by atoms with Crippen LogP contribution in [0.5, 0.6) is 11.5 Å². The van der Waals surface area contributed by atoms with Crippen LogP contribution in [0.2, 0.25) is 0 Å². The molecular formula is C21H20N4O3S. The Kier molecular flexibility index (Phi) is 5.53. The van der Waals surface area contributed by atoms with E-state index in [-0.39, 0.29) is 11.2 Å². The lowest BCUT2D eigenvalue weighted by molar-refractivity contribution is 0.340. The van der Waals surface area contributed by atoms with Crippen LogP contribution in [-0.2, 0) is 5.75 Å². The van der Waals surface area contributed by atoms with Crippen LogP contribution < -0.4 is 15.0 Å². The minimum absolute atomic E-state index is 0.225. The Labute approximate surface area is 171 Å². The Bertz CT molecular complexity index is 1180. The number of hydrogen-bond donors (Lipinski definition) is 0. The lowest BCUT2D eigenvalue weighted by Crippen LogP contribution is -2.20. The average Bonchev–Trinajstić information content (AvgIpc) is 3.18. The molecule has 0 aliphatic heterocycles. The maximum Gasteiger partial charge on any atom is 0.300 e. The molecule has 2 aromatic heterocycles. The predicted molar refractivity (Wildman–Crippen MR) is 112 cm³/mol. The summed E-state index contributed by atoms with van der Waals surface area (Å²) in [6.45, 7) is 2.53. The molecule has 2 heterocycles. The van der Waals surface area contributed by atoms with Gasteiger partial charge in [0.1, 0.15) is 11.5 Å². The zero-order chi connectivity index (χ0) is 20.2. The molecule has 0 spiro atoms. The first-order valence-electron chi connectivity index (χ1n) is 9.15. The summed E-state index contributed by atoms with van der Waals surface area (Å²) in [4.78, 5) is 12.9. The van der Waals surface area contributed by atoms with E-state index in [0.717, 1.165) is 22.7 Å². The summed E-state index contributed by atoms with van der Waals surface area (Å²) < 4.78 is 14.0. The highest BCUT2D eigenvalue weighted by atomic mass is 32.2. The Balaban J connectivity index is 1.59. The summed E-state index contributed by atoms with van der Waals surface area (Å²) in [6, 6.07) is 15.2. The third-order valence-electron chi connectivity index (χ3n) is 4.37. The summed E-state index contributed by atoms with van der Waals surface area (Å²) >= 11 is 1.52. The van der Waals surface area contributed by atoms with Gasteiger partial charge in [-0.2, -0.15) is 0 Å². The molecule has 2 aromatic carbocycles. The molecule has 0 atom stereocenters. The summed E-state index contributed by atoms with van der Waals surface area (Å²) in [7, 11) is 1.65. The fraction of sp³-hybridized carbons (Fsp3) is 0.190. The molecular weight excluding hydrogens is 388 g/mol. The second-order valence-electron chi connectivity index (χ2n) is 6.22. The topological polar surface area (TPSA) is 70.7 Å². The fourth-order valence-corrected chi connectivity index (χ4v) is 3.81. The van der Waals surface area contributed by atoms with Gasteiger partial charge in [-0.05, 0) is 48.9 Å². The number of benzene rings is 2. The molecule has 8 heteroatoms. The Hall–Kier alpha value is -3.26. The lowest BCUT2D eigenvalue weighted by atomic mass is 10.2. The first kappa shape index (κ1) is 19.1. The van der Waals surface area contributed by atoms with Gasteiger partial charge >= 0.3 is 5.56 Å². The normalized spacial score (nSPS) is 11.0. The minimum Gasteiger partial charge on any atom is -0.497 e. The van der Waals surface area contributed by atoms with Crippen molar-refractivity contribution in [3.05, 3.63) is 76.8 Å². The van der Waals surface area contributed by atoms with Gasteiger partial charge in [0, 0.05) is 23.8 Å².